The summed E-state index contributed by atoms with van der Waals surface area (Å²) >= 11 is 0. The fraction of sp³-hybridized carbons (Fsp3) is 0.130. The zero-order valence-electron chi connectivity index (χ0n) is 15.9. The van der Waals surface area contributed by atoms with Crippen molar-refractivity contribution in [2.24, 2.45) is 0 Å². The number of hydrogen-bond acceptors (Lipinski definition) is 4. The standard InChI is InChI=1S/C23H21N5O/c29-23(25-17-19-11-7-8-16-24-19)22-26-21(15-14-18-9-3-1-4-10-18)28(27-22)20-12-5-2-6-13-20/h1-13,16H,14-15,17H2,(H,25,29). The van der Waals surface area contributed by atoms with Gasteiger partial charge in [-0.05, 0) is 36.2 Å². The van der Waals surface area contributed by atoms with Gasteiger partial charge in [-0.25, -0.2) is 9.67 Å². The highest BCUT2D eigenvalue weighted by Crippen LogP contribution is 2.13. The van der Waals surface area contributed by atoms with Crippen molar-refractivity contribution in [2.75, 3.05) is 0 Å². The number of aromatic nitrogens is 4. The molecule has 0 bridgehead atoms. The van der Waals surface area contributed by atoms with Gasteiger partial charge in [0.05, 0.1) is 17.9 Å². The van der Waals surface area contributed by atoms with Gasteiger partial charge in [-0.3, -0.25) is 9.78 Å². The van der Waals surface area contributed by atoms with E-state index in [1.807, 2.05) is 66.7 Å². The van der Waals surface area contributed by atoms with Crippen molar-refractivity contribution in [3.8, 4) is 5.69 Å². The molecular weight excluding hydrogens is 362 g/mol. The summed E-state index contributed by atoms with van der Waals surface area (Å²) in [7, 11) is 0. The summed E-state index contributed by atoms with van der Waals surface area (Å²) in [5, 5.41) is 7.32. The molecule has 6 heteroatoms. The number of hydrogen-bond donors (Lipinski definition) is 1. The Bertz CT molecular complexity index is 1060. The number of carbonyl (C=O) groups is 1. The first-order chi connectivity index (χ1) is 14.3. The number of rotatable bonds is 7. The van der Waals surface area contributed by atoms with Crippen molar-refractivity contribution >= 4 is 5.91 Å². The minimum Gasteiger partial charge on any atom is -0.344 e. The summed E-state index contributed by atoms with van der Waals surface area (Å²) in [6.07, 6.45) is 3.20. The Morgan fingerprint density at radius 3 is 2.31 bits per heavy atom. The zero-order valence-corrected chi connectivity index (χ0v) is 15.9. The van der Waals surface area contributed by atoms with Gasteiger partial charge in [-0.2, -0.15) is 0 Å². The Morgan fingerprint density at radius 1 is 0.862 bits per heavy atom. The van der Waals surface area contributed by atoms with Gasteiger partial charge in [-0.15, -0.1) is 5.10 Å². The lowest BCUT2D eigenvalue weighted by atomic mass is 10.1. The van der Waals surface area contributed by atoms with E-state index in [2.05, 4.69) is 32.5 Å². The van der Waals surface area contributed by atoms with Crippen molar-refractivity contribution in [1.82, 2.24) is 25.1 Å². The molecule has 1 amide bonds. The largest absolute Gasteiger partial charge is 0.344 e. The molecule has 0 fully saturated rings. The maximum Gasteiger partial charge on any atom is 0.291 e. The molecule has 4 rings (SSSR count). The average Bonchev–Trinajstić information content (AvgIpc) is 3.22. The number of pyridine rings is 1. The highest BCUT2D eigenvalue weighted by molar-refractivity contribution is 5.90. The first-order valence-electron chi connectivity index (χ1n) is 9.53. The highest BCUT2D eigenvalue weighted by Gasteiger charge is 2.17. The van der Waals surface area contributed by atoms with Crippen LogP contribution in [0.15, 0.2) is 85.1 Å². The van der Waals surface area contributed by atoms with E-state index >= 15 is 0 Å². The first-order valence-corrected chi connectivity index (χ1v) is 9.53. The number of nitrogens with zero attached hydrogens (tertiary/aromatic N) is 4. The number of para-hydroxylation sites is 1. The molecule has 144 valence electrons. The summed E-state index contributed by atoms with van der Waals surface area (Å²) in [6.45, 7) is 0.332. The molecule has 0 aliphatic carbocycles. The molecule has 29 heavy (non-hydrogen) atoms. The Morgan fingerprint density at radius 2 is 1.59 bits per heavy atom. The third kappa shape index (κ3) is 4.73. The van der Waals surface area contributed by atoms with Crippen LogP contribution >= 0.6 is 0 Å². The van der Waals surface area contributed by atoms with Crippen LogP contribution in [0, 0.1) is 0 Å². The highest BCUT2D eigenvalue weighted by atomic mass is 16.2. The molecule has 0 saturated heterocycles. The maximum absolute atomic E-state index is 12.6. The van der Waals surface area contributed by atoms with Crippen molar-refractivity contribution < 1.29 is 4.79 Å². The van der Waals surface area contributed by atoms with E-state index in [-0.39, 0.29) is 11.7 Å². The van der Waals surface area contributed by atoms with Crippen LogP contribution in [0.4, 0.5) is 0 Å². The minimum absolute atomic E-state index is 0.160. The van der Waals surface area contributed by atoms with Gasteiger partial charge in [0, 0.05) is 12.6 Å². The van der Waals surface area contributed by atoms with E-state index in [1.165, 1.54) is 5.56 Å². The van der Waals surface area contributed by atoms with Gasteiger partial charge in [-0.1, -0.05) is 54.6 Å². The van der Waals surface area contributed by atoms with Gasteiger partial charge in [0.2, 0.25) is 5.82 Å². The van der Waals surface area contributed by atoms with Gasteiger partial charge in [0.25, 0.3) is 5.91 Å². The molecule has 4 aromatic rings. The second-order valence-corrected chi connectivity index (χ2v) is 6.59. The van der Waals surface area contributed by atoms with E-state index in [0.717, 1.165) is 23.6 Å². The smallest absolute Gasteiger partial charge is 0.291 e. The molecule has 0 unspecified atom stereocenters. The number of aryl methyl sites for hydroxylation is 2. The van der Waals surface area contributed by atoms with Crippen LogP contribution in [0.5, 0.6) is 0 Å². The molecule has 2 aromatic heterocycles. The summed E-state index contributed by atoms with van der Waals surface area (Å²) in [5.41, 5.74) is 2.88. The molecule has 0 spiro atoms. The van der Waals surface area contributed by atoms with Crippen LogP contribution < -0.4 is 5.32 Å². The van der Waals surface area contributed by atoms with Gasteiger partial charge < -0.3 is 5.32 Å². The van der Waals surface area contributed by atoms with E-state index in [4.69, 9.17) is 0 Å². The molecule has 2 aromatic carbocycles. The molecule has 0 aliphatic rings. The molecule has 6 nitrogen and oxygen atoms in total. The Hall–Kier alpha value is -3.80. The zero-order chi connectivity index (χ0) is 19.9. The lowest BCUT2D eigenvalue weighted by molar-refractivity contribution is 0.0940. The molecule has 0 saturated carbocycles. The molecule has 0 radical (unpaired) electrons. The normalized spacial score (nSPS) is 10.6. The van der Waals surface area contributed by atoms with Crippen LogP contribution in [0.25, 0.3) is 5.69 Å². The van der Waals surface area contributed by atoms with Gasteiger partial charge in [0.1, 0.15) is 5.82 Å². The second-order valence-electron chi connectivity index (χ2n) is 6.59. The Balaban J connectivity index is 1.54. The van der Waals surface area contributed by atoms with E-state index in [9.17, 15) is 4.79 Å². The number of amides is 1. The summed E-state index contributed by atoms with van der Waals surface area (Å²) < 4.78 is 1.75. The summed E-state index contributed by atoms with van der Waals surface area (Å²) in [5.74, 6) is 0.599. The second kappa shape index (κ2) is 8.93. The molecule has 1 N–H and O–H groups in total. The van der Waals surface area contributed by atoms with Crippen LogP contribution in [0.2, 0.25) is 0 Å². The van der Waals surface area contributed by atoms with Crippen LogP contribution in [-0.2, 0) is 19.4 Å². The molecule has 0 aliphatic heterocycles. The predicted molar refractivity (Wildman–Crippen MR) is 111 cm³/mol. The lowest BCUT2D eigenvalue weighted by Gasteiger charge is -2.05. The number of carbonyl (C=O) groups excluding carboxylic acids is 1. The maximum atomic E-state index is 12.6. The van der Waals surface area contributed by atoms with Crippen molar-refractivity contribution in [3.63, 3.8) is 0 Å². The number of nitrogens with one attached hydrogen (secondary N) is 1. The summed E-state index contributed by atoms with van der Waals surface area (Å²) in [6, 6.07) is 25.6. The van der Waals surface area contributed by atoms with E-state index in [0.29, 0.717) is 13.0 Å². The minimum atomic E-state index is -0.314. The van der Waals surface area contributed by atoms with E-state index in [1.54, 1.807) is 10.9 Å². The predicted octanol–water partition coefficient (Wildman–Crippen LogP) is 3.38. The lowest BCUT2D eigenvalue weighted by Crippen LogP contribution is -2.24. The van der Waals surface area contributed by atoms with Crippen LogP contribution in [0.1, 0.15) is 27.7 Å². The van der Waals surface area contributed by atoms with Crippen LogP contribution in [-0.4, -0.2) is 25.7 Å². The van der Waals surface area contributed by atoms with Crippen molar-refractivity contribution in [1.29, 1.82) is 0 Å². The average molecular weight is 383 g/mol. The topological polar surface area (TPSA) is 72.7 Å². The third-order valence-electron chi connectivity index (χ3n) is 4.51. The Kier molecular flexibility index (Phi) is 5.71. The van der Waals surface area contributed by atoms with Crippen molar-refractivity contribution in [3.05, 3.63) is 108 Å². The SMILES string of the molecule is O=C(NCc1ccccn1)c1nc(CCc2ccccc2)n(-c2ccccc2)n1. The first kappa shape index (κ1) is 18.6. The van der Waals surface area contributed by atoms with Crippen LogP contribution in [0.3, 0.4) is 0 Å². The fourth-order valence-electron chi connectivity index (χ4n) is 3.03. The third-order valence-corrected chi connectivity index (χ3v) is 4.51. The van der Waals surface area contributed by atoms with E-state index < -0.39 is 0 Å². The molecule has 2 heterocycles. The fourth-order valence-corrected chi connectivity index (χ4v) is 3.03. The summed E-state index contributed by atoms with van der Waals surface area (Å²) in [4.78, 5) is 21.4. The monoisotopic (exact) mass is 383 g/mol. The molecular formula is C23H21N5O. The molecule has 0 atom stereocenters. The van der Waals surface area contributed by atoms with Gasteiger partial charge in [0.15, 0.2) is 0 Å². The quantitative estimate of drug-likeness (QED) is 0.531. The van der Waals surface area contributed by atoms with Crippen molar-refractivity contribution in [2.45, 2.75) is 19.4 Å². The number of benzene rings is 2. The van der Waals surface area contributed by atoms with Gasteiger partial charge >= 0.3 is 0 Å². The Labute approximate surface area is 169 Å².